The average molecular weight is 407 g/mol. The van der Waals surface area contributed by atoms with E-state index in [0.717, 1.165) is 50.5 Å². The largest absolute Gasteiger partial charge is 0.491 e. The molecule has 30 heavy (non-hydrogen) atoms. The van der Waals surface area contributed by atoms with Crippen LogP contribution in [0.2, 0.25) is 0 Å². The lowest BCUT2D eigenvalue weighted by Crippen LogP contribution is -2.38. The Balaban J connectivity index is 1.18. The van der Waals surface area contributed by atoms with Crippen LogP contribution < -0.4 is 10.1 Å². The van der Waals surface area contributed by atoms with Crippen molar-refractivity contribution in [2.75, 3.05) is 26.2 Å². The molecule has 2 aromatic carbocycles. The van der Waals surface area contributed by atoms with Gasteiger partial charge in [-0.25, -0.2) is 4.98 Å². The molecule has 0 aliphatic carbocycles. The van der Waals surface area contributed by atoms with Gasteiger partial charge in [0.05, 0.1) is 6.33 Å². The van der Waals surface area contributed by atoms with Crippen molar-refractivity contribution in [1.29, 1.82) is 0 Å². The number of rotatable bonds is 10. The second-order valence-electron chi connectivity index (χ2n) is 7.87. The lowest BCUT2D eigenvalue weighted by Gasteiger charge is -2.30. The van der Waals surface area contributed by atoms with Crippen LogP contribution in [-0.2, 0) is 25.9 Å². The Morgan fingerprint density at radius 2 is 2.07 bits per heavy atom. The van der Waals surface area contributed by atoms with E-state index < -0.39 is 6.10 Å². The number of nitrogens with one attached hydrogen (secondary N) is 2. The molecule has 0 fully saturated rings. The first-order valence-electron chi connectivity index (χ1n) is 10.6. The number of hydrogen-bond acceptors (Lipinski definition) is 5. The number of aliphatic hydroxyl groups excluding tert-OH is 1. The Kier molecular flexibility index (Phi) is 7.13. The fourth-order valence-corrected chi connectivity index (χ4v) is 3.88. The van der Waals surface area contributed by atoms with Crippen LogP contribution in [0.25, 0.3) is 0 Å². The van der Waals surface area contributed by atoms with Crippen molar-refractivity contribution in [3.63, 3.8) is 0 Å². The lowest BCUT2D eigenvalue weighted by molar-refractivity contribution is 0.0637. The van der Waals surface area contributed by atoms with E-state index in [-0.39, 0.29) is 0 Å². The highest BCUT2D eigenvalue weighted by molar-refractivity contribution is 5.29. The molecule has 2 heterocycles. The number of fused-ring (bicyclic) bond motifs is 1. The summed E-state index contributed by atoms with van der Waals surface area (Å²) in [6.07, 6.45) is 5.01. The van der Waals surface area contributed by atoms with Crippen molar-refractivity contribution in [1.82, 2.24) is 20.2 Å². The number of aliphatic hydroxyl groups is 1. The Morgan fingerprint density at radius 3 is 2.93 bits per heavy atom. The summed E-state index contributed by atoms with van der Waals surface area (Å²) in [7, 11) is 0. The Bertz CT molecular complexity index is 913. The smallest absolute Gasteiger partial charge is 0.119 e. The van der Waals surface area contributed by atoms with Crippen molar-refractivity contribution in [3.8, 4) is 5.75 Å². The zero-order chi connectivity index (χ0) is 20.6. The first-order chi connectivity index (χ1) is 14.8. The van der Waals surface area contributed by atoms with Gasteiger partial charge in [-0.05, 0) is 35.2 Å². The van der Waals surface area contributed by atoms with Crippen LogP contribution in [0.4, 0.5) is 0 Å². The molecule has 6 heteroatoms. The Labute approximate surface area is 177 Å². The molecule has 0 amide bonds. The molecule has 0 bridgehead atoms. The molecule has 1 aliphatic rings. The Hall–Kier alpha value is -2.67. The third-order valence-corrected chi connectivity index (χ3v) is 5.47. The van der Waals surface area contributed by atoms with Gasteiger partial charge in [-0.15, -0.1) is 0 Å². The minimum Gasteiger partial charge on any atom is -0.491 e. The minimum atomic E-state index is -0.508. The third-order valence-electron chi connectivity index (χ3n) is 5.47. The number of aromatic amines is 1. The highest BCUT2D eigenvalue weighted by atomic mass is 16.5. The Morgan fingerprint density at radius 1 is 1.17 bits per heavy atom. The summed E-state index contributed by atoms with van der Waals surface area (Å²) in [6, 6.07) is 16.6. The van der Waals surface area contributed by atoms with Gasteiger partial charge in [-0.2, -0.15) is 0 Å². The summed E-state index contributed by atoms with van der Waals surface area (Å²) in [5.41, 5.74) is 5.09. The average Bonchev–Trinajstić information content (AvgIpc) is 3.29. The van der Waals surface area contributed by atoms with Gasteiger partial charge in [0.15, 0.2) is 0 Å². The van der Waals surface area contributed by atoms with Crippen LogP contribution in [0.1, 0.15) is 22.4 Å². The highest BCUT2D eigenvalue weighted by Gasteiger charge is 2.18. The highest BCUT2D eigenvalue weighted by Crippen LogP contribution is 2.19. The second-order valence-corrected chi connectivity index (χ2v) is 7.87. The normalized spacial score (nSPS) is 15.0. The van der Waals surface area contributed by atoms with Gasteiger partial charge in [-0.1, -0.05) is 36.4 Å². The maximum absolute atomic E-state index is 10.5. The SMILES string of the molecule is OC(COc1cccc(CNCCc2cnc[nH]2)c1)CN1CCc2ccccc2C1. The summed E-state index contributed by atoms with van der Waals surface area (Å²) in [4.78, 5) is 9.44. The standard InChI is InChI=1S/C24H30N4O2/c29-23(16-28-11-9-20-5-1-2-6-21(20)15-28)17-30-24-7-3-4-19(12-24)13-25-10-8-22-14-26-18-27-22/h1-7,12,14,18,23,25,29H,8-11,13,15-17H2,(H,26,27). The van der Waals surface area contributed by atoms with E-state index in [4.69, 9.17) is 4.74 Å². The number of ether oxygens (including phenoxy) is 1. The zero-order valence-electron chi connectivity index (χ0n) is 17.3. The van der Waals surface area contributed by atoms with Crippen molar-refractivity contribution >= 4 is 0 Å². The number of nitrogens with zero attached hydrogens (tertiary/aromatic N) is 2. The van der Waals surface area contributed by atoms with Gasteiger partial charge >= 0.3 is 0 Å². The molecule has 1 aromatic heterocycles. The molecule has 0 saturated carbocycles. The molecule has 1 aliphatic heterocycles. The topological polar surface area (TPSA) is 73.4 Å². The van der Waals surface area contributed by atoms with E-state index >= 15 is 0 Å². The molecule has 1 atom stereocenters. The van der Waals surface area contributed by atoms with Crippen LogP contribution in [0.5, 0.6) is 5.75 Å². The van der Waals surface area contributed by atoms with Gasteiger partial charge < -0.3 is 20.1 Å². The van der Waals surface area contributed by atoms with Crippen molar-refractivity contribution in [3.05, 3.63) is 83.4 Å². The summed E-state index contributed by atoms with van der Waals surface area (Å²) < 4.78 is 5.87. The van der Waals surface area contributed by atoms with E-state index in [0.29, 0.717) is 13.2 Å². The number of β-amino-alcohol motifs (C(OH)–C–C–N with tert-alkyl or cyclic N) is 1. The summed E-state index contributed by atoms with van der Waals surface area (Å²) in [5.74, 6) is 0.797. The molecular formula is C24H30N4O2. The molecule has 0 radical (unpaired) electrons. The molecule has 4 rings (SSSR count). The first-order valence-corrected chi connectivity index (χ1v) is 10.6. The molecule has 0 saturated heterocycles. The molecule has 3 N–H and O–H groups in total. The van der Waals surface area contributed by atoms with Gasteiger partial charge in [0, 0.05) is 51.0 Å². The van der Waals surface area contributed by atoms with Crippen LogP contribution in [0.3, 0.4) is 0 Å². The van der Waals surface area contributed by atoms with Gasteiger partial charge in [0.1, 0.15) is 18.5 Å². The first kappa shape index (κ1) is 20.6. The maximum Gasteiger partial charge on any atom is 0.119 e. The predicted octanol–water partition coefficient (Wildman–Crippen LogP) is 2.54. The fraction of sp³-hybridized carbons (Fsp3) is 0.375. The van der Waals surface area contributed by atoms with Gasteiger partial charge in [-0.3, -0.25) is 4.90 Å². The summed E-state index contributed by atoms with van der Waals surface area (Å²) >= 11 is 0. The summed E-state index contributed by atoms with van der Waals surface area (Å²) in [5, 5.41) is 13.9. The second kappa shape index (κ2) is 10.4. The van der Waals surface area contributed by atoms with Gasteiger partial charge in [0.25, 0.3) is 0 Å². The number of hydrogen-bond donors (Lipinski definition) is 3. The van der Waals surface area contributed by atoms with E-state index in [9.17, 15) is 5.11 Å². The molecule has 1 unspecified atom stereocenters. The van der Waals surface area contributed by atoms with Crippen LogP contribution >= 0.6 is 0 Å². The molecule has 158 valence electrons. The zero-order valence-corrected chi connectivity index (χ0v) is 17.3. The van der Waals surface area contributed by atoms with E-state index in [2.05, 4.69) is 50.5 Å². The monoisotopic (exact) mass is 406 g/mol. The summed E-state index contributed by atoms with van der Waals surface area (Å²) in [6.45, 7) is 4.46. The van der Waals surface area contributed by atoms with E-state index in [1.54, 1.807) is 6.33 Å². The fourth-order valence-electron chi connectivity index (χ4n) is 3.88. The third kappa shape index (κ3) is 5.92. The van der Waals surface area contributed by atoms with Gasteiger partial charge in [0.2, 0.25) is 0 Å². The molecule has 3 aromatic rings. The lowest BCUT2D eigenvalue weighted by atomic mass is 10.00. The van der Waals surface area contributed by atoms with Crippen LogP contribution in [-0.4, -0.2) is 52.3 Å². The van der Waals surface area contributed by atoms with Crippen LogP contribution in [0.15, 0.2) is 61.1 Å². The molecular weight excluding hydrogens is 376 g/mol. The number of imidazole rings is 1. The van der Waals surface area contributed by atoms with E-state index in [1.807, 2.05) is 24.4 Å². The minimum absolute atomic E-state index is 0.300. The van der Waals surface area contributed by atoms with Crippen molar-refractivity contribution in [2.45, 2.75) is 32.0 Å². The van der Waals surface area contributed by atoms with Crippen molar-refractivity contribution in [2.24, 2.45) is 0 Å². The van der Waals surface area contributed by atoms with Crippen LogP contribution in [0, 0.1) is 0 Å². The maximum atomic E-state index is 10.5. The molecule has 6 nitrogen and oxygen atoms in total. The number of benzene rings is 2. The quantitative estimate of drug-likeness (QED) is 0.451. The van der Waals surface area contributed by atoms with Crippen molar-refractivity contribution < 1.29 is 9.84 Å². The number of aromatic nitrogens is 2. The van der Waals surface area contributed by atoms with E-state index in [1.165, 1.54) is 16.7 Å². The number of H-pyrrole nitrogens is 1. The molecule has 0 spiro atoms. The predicted molar refractivity (Wildman–Crippen MR) is 117 cm³/mol.